The Bertz CT molecular complexity index is 515. The number of amides is 1. The van der Waals surface area contributed by atoms with Gasteiger partial charge < -0.3 is 4.90 Å². The SMILES string of the molecule is C#CCN(CCC(=O)N1CCCCC1)Cc1ccc(F)cc1. The van der Waals surface area contributed by atoms with E-state index >= 15 is 0 Å². The minimum absolute atomic E-state index is 0.209. The van der Waals surface area contributed by atoms with E-state index in [0.717, 1.165) is 31.5 Å². The topological polar surface area (TPSA) is 23.6 Å². The van der Waals surface area contributed by atoms with Crippen LogP contribution in [0, 0.1) is 18.2 Å². The fraction of sp³-hybridized carbons (Fsp3) is 0.500. The summed E-state index contributed by atoms with van der Waals surface area (Å²) in [6.45, 7) is 3.52. The smallest absolute Gasteiger partial charge is 0.223 e. The summed E-state index contributed by atoms with van der Waals surface area (Å²) in [5.74, 6) is 2.60. The largest absolute Gasteiger partial charge is 0.343 e. The Morgan fingerprint density at radius 1 is 1.23 bits per heavy atom. The molecule has 3 nitrogen and oxygen atoms in total. The minimum Gasteiger partial charge on any atom is -0.343 e. The summed E-state index contributed by atoms with van der Waals surface area (Å²) < 4.78 is 12.9. The highest BCUT2D eigenvalue weighted by atomic mass is 19.1. The molecule has 4 heteroatoms. The summed E-state index contributed by atoms with van der Waals surface area (Å²) in [5, 5.41) is 0. The van der Waals surface area contributed by atoms with Crippen molar-refractivity contribution in [1.29, 1.82) is 0 Å². The van der Waals surface area contributed by atoms with Crippen molar-refractivity contribution in [2.45, 2.75) is 32.2 Å². The van der Waals surface area contributed by atoms with Gasteiger partial charge in [-0.15, -0.1) is 6.42 Å². The second-order valence-electron chi connectivity index (χ2n) is 5.73. The molecule has 1 aliphatic rings. The molecule has 0 saturated carbocycles. The number of carbonyl (C=O) groups is 1. The van der Waals surface area contributed by atoms with Crippen LogP contribution in [0.4, 0.5) is 4.39 Å². The van der Waals surface area contributed by atoms with Crippen molar-refractivity contribution in [3.05, 3.63) is 35.6 Å². The van der Waals surface area contributed by atoms with Gasteiger partial charge in [0.15, 0.2) is 0 Å². The number of hydrogen-bond acceptors (Lipinski definition) is 2. The maximum Gasteiger partial charge on any atom is 0.223 e. The molecule has 0 aliphatic carbocycles. The lowest BCUT2D eigenvalue weighted by Gasteiger charge is -2.28. The highest BCUT2D eigenvalue weighted by molar-refractivity contribution is 5.76. The van der Waals surface area contributed by atoms with Crippen LogP contribution in [0.15, 0.2) is 24.3 Å². The lowest BCUT2D eigenvalue weighted by molar-refractivity contribution is -0.132. The zero-order valence-corrected chi connectivity index (χ0v) is 12.9. The highest BCUT2D eigenvalue weighted by Gasteiger charge is 2.17. The Morgan fingerprint density at radius 3 is 2.55 bits per heavy atom. The Hall–Kier alpha value is -1.86. The van der Waals surface area contributed by atoms with Gasteiger partial charge in [-0.2, -0.15) is 0 Å². The van der Waals surface area contributed by atoms with E-state index in [-0.39, 0.29) is 11.7 Å². The molecule has 0 radical (unpaired) electrons. The summed E-state index contributed by atoms with van der Waals surface area (Å²) >= 11 is 0. The number of likely N-dealkylation sites (tertiary alicyclic amines) is 1. The van der Waals surface area contributed by atoms with Crippen molar-refractivity contribution < 1.29 is 9.18 Å². The summed E-state index contributed by atoms with van der Waals surface area (Å²) in [4.78, 5) is 16.2. The summed E-state index contributed by atoms with van der Waals surface area (Å²) in [7, 11) is 0. The zero-order valence-electron chi connectivity index (χ0n) is 12.9. The van der Waals surface area contributed by atoms with Gasteiger partial charge in [-0.25, -0.2) is 4.39 Å². The van der Waals surface area contributed by atoms with Crippen LogP contribution in [-0.4, -0.2) is 41.9 Å². The van der Waals surface area contributed by atoms with Gasteiger partial charge >= 0.3 is 0 Å². The second kappa shape index (κ2) is 8.55. The van der Waals surface area contributed by atoms with Gasteiger partial charge in [-0.3, -0.25) is 9.69 Å². The molecule has 0 spiro atoms. The van der Waals surface area contributed by atoms with Crippen molar-refractivity contribution in [2.24, 2.45) is 0 Å². The number of rotatable bonds is 6. The first-order valence-corrected chi connectivity index (χ1v) is 7.87. The Kier molecular flexibility index (Phi) is 6.42. The van der Waals surface area contributed by atoms with Crippen molar-refractivity contribution >= 4 is 5.91 Å². The molecule has 0 unspecified atom stereocenters. The lowest BCUT2D eigenvalue weighted by atomic mass is 10.1. The average molecular weight is 302 g/mol. The molecule has 1 fully saturated rings. The number of terminal acetylenes is 1. The fourth-order valence-corrected chi connectivity index (χ4v) is 2.75. The number of piperidine rings is 1. The number of carbonyl (C=O) groups excluding carboxylic acids is 1. The standard InChI is InChI=1S/C18H23FN2O/c1-2-11-20(15-16-6-8-17(19)9-7-16)14-10-18(22)21-12-4-3-5-13-21/h1,6-9H,3-5,10-15H2. The molecule has 118 valence electrons. The summed E-state index contributed by atoms with van der Waals surface area (Å²) in [6, 6.07) is 6.40. The molecular formula is C18H23FN2O. The van der Waals surface area contributed by atoms with E-state index in [1.165, 1.54) is 18.6 Å². The van der Waals surface area contributed by atoms with E-state index in [0.29, 0.717) is 26.1 Å². The number of halogens is 1. The fourth-order valence-electron chi connectivity index (χ4n) is 2.75. The monoisotopic (exact) mass is 302 g/mol. The van der Waals surface area contributed by atoms with Gasteiger partial charge in [-0.1, -0.05) is 18.1 Å². The molecule has 0 N–H and O–H groups in total. The van der Waals surface area contributed by atoms with Gasteiger partial charge in [0.25, 0.3) is 0 Å². The molecule has 22 heavy (non-hydrogen) atoms. The third-order valence-electron chi connectivity index (χ3n) is 3.98. The van der Waals surface area contributed by atoms with Crippen LogP contribution in [0.3, 0.4) is 0 Å². The van der Waals surface area contributed by atoms with Crippen LogP contribution in [-0.2, 0) is 11.3 Å². The molecule has 1 aromatic carbocycles. The van der Waals surface area contributed by atoms with Gasteiger partial charge in [0.2, 0.25) is 5.91 Å². The Labute approximate surface area is 132 Å². The van der Waals surface area contributed by atoms with Crippen LogP contribution in [0.2, 0.25) is 0 Å². The van der Waals surface area contributed by atoms with Crippen LogP contribution in [0.1, 0.15) is 31.2 Å². The number of nitrogens with zero attached hydrogens (tertiary/aromatic N) is 2. The van der Waals surface area contributed by atoms with E-state index in [2.05, 4.69) is 10.8 Å². The van der Waals surface area contributed by atoms with E-state index in [4.69, 9.17) is 6.42 Å². The third-order valence-corrected chi connectivity index (χ3v) is 3.98. The van der Waals surface area contributed by atoms with E-state index in [1.807, 2.05) is 4.90 Å². The Balaban J connectivity index is 1.84. The molecule has 0 bridgehead atoms. The minimum atomic E-state index is -0.243. The van der Waals surface area contributed by atoms with Gasteiger partial charge in [-0.05, 0) is 37.0 Å². The molecule has 1 heterocycles. The van der Waals surface area contributed by atoms with E-state index in [9.17, 15) is 9.18 Å². The molecular weight excluding hydrogens is 279 g/mol. The predicted octanol–water partition coefficient (Wildman–Crippen LogP) is 2.66. The van der Waals surface area contributed by atoms with Crippen molar-refractivity contribution in [2.75, 3.05) is 26.2 Å². The van der Waals surface area contributed by atoms with Crippen molar-refractivity contribution in [3.8, 4) is 12.3 Å². The predicted molar refractivity (Wildman–Crippen MR) is 85.6 cm³/mol. The number of hydrogen-bond donors (Lipinski definition) is 0. The average Bonchev–Trinajstić information content (AvgIpc) is 2.55. The molecule has 2 rings (SSSR count). The molecule has 1 aromatic rings. The van der Waals surface area contributed by atoms with Gasteiger partial charge in [0.1, 0.15) is 5.82 Å². The normalized spacial score (nSPS) is 14.9. The van der Waals surface area contributed by atoms with Crippen LogP contribution in [0.5, 0.6) is 0 Å². The van der Waals surface area contributed by atoms with Gasteiger partial charge in [0, 0.05) is 32.6 Å². The van der Waals surface area contributed by atoms with Crippen LogP contribution < -0.4 is 0 Å². The van der Waals surface area contributed by atoms with E-state index in [1.54, 1.807) is 12.1 Å². The quantitative estimate of drug-likeness (QED) is 0.754. The highest BCUT2D eigenvalue weighted by Crippen LogP contribution is 2.11. The maximum absolute atomic E-state index is 12.9. The summed E-state index contributed by atoms with van der Waals surface area (Å²) in [5.41, 5.74) is 1.00. The van der Waals surface area contributed by atoms with Gasteiger partial charge in [0.05, 0.1) is 6.54 Å². The van der Waals surface area contributed by atoms with Crippen LogP contribution >= 0.6 is 0 Å². The third kappa shape index (κ3) is 5.16. The molecule has 1 amide bonds. The van der Waals surface area contributed by atoms with Crippen LogP contribution in [0.25, 0.3) is 0 Å². The first-order valence-electron chi connectivity index (χ1n) is 7.87. The number of benzene rings is 1. The molecule has 0 atom stereocenters. The van der Waals surface area contributed by atoms with Crippen molar-refractivity contribution in [1.82, 2.24) is 9.80 Å². The maximum atomic E-state index is 12.9. The second-order valence-corrected chi connectivity index (χ2v) is 5.73. The molecule has 1 aliphatic heterocycles. The molecule has 0 aromatic heterocycles. The Morgan fingerprint density at radius 2 is 1.91 bits per heavy atom. The molecule has 1 saturated heterocycles. The van der Waals surface area contributed by atoms with Crippen molar-refractivity contribution in [3.63, 3.8) is 0 Å². The van der Waals surface area contributed by atoms with E-state index < -0.39 is 0 Å². The first kappa shape index (κ1) is 16.5. The zero-order chi connectivity index (χ0) is 15.8. The summed E-state index contributed by atoms with van der Waals surface area (Å²) in [6.07, 6.45) is 9.33. The lowest BCUT2D eigenvalue weighted by Crippen LogP contribution is -2.37. The first-order chi connectivity index (χ1) is 10.7.